The number of carboxylic acids is 1. The Kier molecular flexibility index (Phi) is 5.46. The van der Waals surface area contributed by atoms with Gasteiger partial charge in [0.25, 0.3) is 0 Å². The second-order valence-electron chi connectivity index (χ2n) is 5.12. The lowest BCUT2D eigenvalue weighted by Crippen LogP contribution is -2.29. The molecule has 1 atom stereocenters. The second-order valence-corrected chi connectivity index (χ2v) is 5.12. The topological polar surface area (TPSA) is 65.0 Å². The molecule has 0 bridgehead atoms. The van der Waals surface area contributed by atoms with E-state index in [9.17, 15) is 9.90 Å². The molecule has 2 aromatic carbocycles. The molecular weight excluding hydrogens is 296 g/mol. The zero-order valence-corrected chi connectivity index (χ0v) is 13.4. The second kappa shape index (κ2) is 7.54. The van der Waals surface area contributed by atoms with Crippen LogP contribution in [0.25, 0.3) is 0 Å². The highest BCUT2D eigenvalue weighted by atomic mass is 16.5. The maximum absolute atomic E-state index is 11.6. The van der Waals surface area contributed by atoms with Crippen LogP contribution in [0.3, 0.4) is 0 Å². The molecule has 0 amide bonds. The van der Waals surface area contributed by atoms with Gasteiger partial charge in [-0.05, 0) is 30.7 Å². The molecule has 0 unspecified atom stereocenters. The molecular formula is C18H20O5. The summed E-state index contributed by atoms with van der Waals surface area (Å²) in [5, 5.41) is 9.49. The van der Waals surface area contributed by atoms with Crippen molar-refractivity contribution in [2.24, 2.45) is 0 Å². The summed E-state index contributed by atoms with van der Waals surface area (Å²) in [6, 6.07) is 12.6. The molecule has 5 nitrogen and oxygen atoms in total. The van der Waals surface area contributed by atoms with Crippen molar-refractivity contribution in [2.75, 3.05) is 14.2 Å². The fourth-order valence-electron chi connectivity index (χ4n) is 2.32. The van der Waals surface area contributed by atoms with E-state index in [4.69, 9.17) is 14.2 Å². The van der Waals surface area contributed by atoms with E-state index in [0.29, 0.717) is 17.2 Å². The highest BCUT2D eigenvalue weighted by Crippen LogP contribution is 2.29. The van der Waals surface area contributed by atoms with Gasteiger partial charge >= 0.3 is 5.97 Å². The first-order valence-electron chi connectivity index (χ1n) is 7.21. The number of carboxylic acid groups (broad SMARTS) is 1. The van der Waals surface area contributed by atoms with Crippen LogP contribution in [-0.2, 0) is 11.2 Å². The number of methoxy groups -OCH3 is 2. The molecule has 0 spiro atoms. The highest BCUT2D eigenvalue weighted by Gasteiger charge is 2.23. The number of rotatable bonds is 7. The molecule has 0 fully saturated rings. The first kappa shape index (κ1) is 16.7. The maximum Gasteiger partial charge on any atom is 0.345 e. The largest absolute Gasteiger partial charge is 0.496 e. The van der Waals surface area contributed by atoms with Crippen LogP contribution >= 0.6 is 0 Å². The monoisotopic (exact) mass is 316 g/mol. The van der Waals surface area contributed by atoms with E-state index in [1.807, 2.05) is 25.1 Å². The van der Waals surface area contributed by atoms with Crippen LogP contribution in [0.4, 0.5) is 0 Å². The third-order valence-corrected chi connectivity index (χ3v) is 3.45. The third-order valence-electron chi connectivity index (χ3n) is 3.45. The summed E-state index contributed by atoms with van der Waals surface area (Å²) < 4.78 is 16.2. The van der Waals surface area contributed by atoms with Crippen LogP contribution < -0.4 is 14.2 Å². The fraction of sp³-hybridized carbons (Fsp3) is 0.278. The Morgan fingerprint density at radius 1 is 1.04 bits per heavy atom. The van der Waals surface area contributed by atoms with Gasteiger partial charge in [-0.2, -0.15) is 0 Å². The van der Waals surface area contributed by atoms with Crippen molar-refractivity contribution in [1.82, 2.24) is 0 Å². The minimum absolute atomic E-state index is 0.193. The van der Waals surface area contributed by atoms with Crippen molar-refractivity contribution in [2.45, 2.75) is 19.4 Å². The number of aliphatic carboxylic acids is 1. The molecule has 2 aromatic rings. The number of hydrogen-bond donors (Lipinski definition) is 1. The Balaban J connectivity index is 2.26. The first-order chi connectivity index (χ1) is 11.0. The summed E-state index contributed by atoms with van der Waals surface area (Å²) in [5.41, 5.74) is 1.82. The van der Waals surface area contributed by atoms with Gasteiger partial charge in [-0.15, -0.1) is 0 Å². The summed E-state index contributed by atoms with van der Waals surface area (Å²) in [6.07, 6.45) is -0.847. The van der Waals surface area contributed by atoms with Crippen LogP contribution in [0.5, 0.6) is 17.2 Å². The molecule has 0 aliphatic heterocycles. The molecule has 0 saturated carbocycles. The molecule has 0 aliphatic rings. The van der Waals surface area contributed by atoms with Gasteiger partial charge in [-0.25, -0.2) is 4.79 Å². The number of para-hydroxylation sites is 2. The summed E-state index contributed by atoms with van der Waals surface area (Å²) in [7, 11) is 3.08. The quantitative estimate of drug-likeness (QED) is 0.850. The summed E-state index contributed by atoms with van der Waals surface area (Å²) >= 11 is 0. The molecule has 23 heavy (non-hydrogen) atoms. The average Bonchev–Trinajstić information content (AvgIpc) is 2.54. The van der Waals surface area contributed by atoms with E-state index in [0.717, 1.165) is 11.1 Å². The lowest BCUT2D eigenvalue weighted by Gasteiger charge is -2.18. The van der Waals surface area contributed by atoms with Gasteiger partial charge in [0.1, 0.15) is 5.75 Å². The van der Waals surface area contributed by atoms with Gasteiger partial charge in [0.15, 0.2) is 17.6 Å². The van der Waals surface area contributed by atoms with Crippen molar-refractivity contribution in [3.05, 3.63) is 53.6 Å². The van der Waals surface area contributed by atoms with Crippen molar-refractivity contribution >= 4 is 5.97 Å². The summed E-state index contributed by atoms with van der Waals surface area (Å²) in [4.78, 5) is 11.6. The van der Waals surface area contributed by atoms with E-state index in [1.54, 1.807) is 31.4 Å². The van der Waals surface area contributed by atoms with E-state index in [1.165, 1.54) is 7.11 Å². The third kappa shape index (κ3) is 4.16. The Labute approximate surface area is 135 Å². The maximum atomic E-state index is 11.6. The SMILES string of the molecule is COc1ccc(C)cc1C[C@@H](Oc1ccccc1OC)C(=O)O. The van der Waals surface area contributed by atoms with Gasteiger partial charge < -0.3 is 19.3 Å². The van der Waals surface area contributed by atoms with Gasteiger partial charge in [-0.3, -0.25) is 0 Å². The van der Waals surface area contributed by atoms with Crippen LogP contribution in [-0.4, -0.2) is 31.4 Å². The van der Waals surface area contributed by atoms with E-state index >= 15 is 0 Å². The Morgan fingerprint density at radius 2 is 1.70 bits per heavy atom. The lowest BCUT2D eigenvalue weighted by atomic mass is 10.0. The Morgan fingerprint density at radius 3 is 2.30 bits per heavy atom. The molecule has 2 rings (SSSR count). The molecule has 1 N–H and O–H groups in total. The summed E-state index contributed by atoms with van der Waals surface area (Å²) in [6.45, 7) is 1.94. The normalized spacial score (nSPS) is 11.6. The van der Waals surface area contributed by atoms with Crippen molar-refractivity contribution < 1.29 is 24.1 Å². The number of benzene rings is 2. The Bertz CT molecular complexity index is 681. The number of aryl methyl sites for hydroxylation is 1. The van der Waals surface area contributed by atoms with Gasteiger partial charge in [0.05, 0.1) is 14.2 Å². The average molecular weight is 316 g/mol. The number of carbonyl (C=O) groups is 1. The molecule has 0 saturated heterocycles. The summed E-state index contributed by atoms with van der Waals surface area (Å²) in [5.74, 6) is 0.494. The van der Waals surface area contributed by atoms with Crippen molar-refractivity contribution in [1.29, 1.82) is 0 Å². The van der Waals surface area contributed by atoms with Gasteiger partial charge in [-0.1, -0.05) is 29.8 Å². The Hall–Kier alpha value is -2.69. The van der Waals surface area contributed by atoms with E-state index in [2.05, 4.69) is 0 Å². The first-order valence-corrected chi connectivity index (χ1v) is 7.21. The fourth-order valence-corrected chi connectivity index (χ4v) is 2.32. The zero-order valence-electron chi connectivity index (χ0n) is 13.4. The molecule has 5 heteroatoms. The number of hydrogen-bond acceptors (Lipinski definition) is 4. The smallest absolute Gasteiger partial charge is 0.345 e. The zero-order chi connectivity index (χ0) is 16.8. The standard InChI is InChI=1S/C18H20O5/c1-12-8-9-14(21-2)13(10-12)11-17(18(19)20)23-16-7-5-4-6-15(16)22-3/h4-10,17H,11H2,1-3H3,(H,19,20)/t17-/m1/s1. The predicted molar refractivity (Wildman–Crippen MR) is 86.5 cm³/mol. The number of ether oxygens (including phenoxy) is 3. The molecule has 122 valence electrons. The van der Waals surface area contributed by atoms with Crippen LogP contribution in [0.2, 0.25) is 0 Å². The van der Waals surface area contributed by atoms with Crippen LogP contribution in [0.15, 0.2) is 42.5 Å². The molecule has 0 heterocycles. The molecule has 0 aromatic heterocycles. The van der Waals surface area contributed by atoms with Crippen molar-refractivity contribution in [3.63, 3.8) is 0 Å². The van der Waals surface area contributed by atoms with Gasteiger partial charge in [0, 0.05) is 6.42 Å². The van der Waals surface area contributed by atoms with Crippen LogP contribution in [0, 0.1) is 6.92 Å². The van der Waals surface area contributed by atoms with Gasteiger partial charge in [0.2, 0.25) is 0 Å². The van der Waals surface area contributed by atoms with E-state index < -0.39 is 12.1 Å². The minimum Gasteiger partial charge on any atom is -0.496 e. The minimum atomic E-state index is -1.04. The lowest BCUT2D eigenvalue weighted by molar-refractivity contribution is -0.145. The molecule has 0 radical (unpaired) electrons. The van der Waals surface area contributed by atoms with Crippen molar-refractivity contribution in [3.8, 4) is 17.2 Å². The van der Waals surface area contributed by atoms with Crippen LogP contribution in [0.1, 0.15) is 11.1 Å². The highest BCUT2D eigenvalue weighted by molar-refractivity contribution is 5.73. The predicted octanol–water partition coefficient (Wildman–Crippen LogP) is 3.09. The van der Waals surface area contributed by atoms with E-state index in [-0.39, 0.29) is 6.42 Å². The molecule has 0 aliphatic carbocycles.